The van der Waals surface area contributed by atoms with E-state index in [-0.39, 0.29) is 30.0 Å². The fraction of sp³-hybridized carbons (Fsp3) is 0.500. The molecule has 114 valence electrons. The van der Waals surface area contributed by atoms with E-state index < -0.39 is 5.97 Å². The molecule has 1 atom stereocenters. The summed E-state index contributed by atoms with van der Waals surface area (Å²) >= 11 is 0. The third-order valence-electron chi connectivity index (χ3n) is 4.11. The first kappa shape index (κ1) is 15.5. The summed E-state index contributed by atoms with van der Waals surface area (Å²) < 4.78 is 13.7. The molecule has 1 aliphatic heterocycles. The highest BCUT2D eigenvalue weighted by Gasteiger charge is 2.27. The highest BCUT2D eigenvalue weighted by Crippen LogP contribution is 2.24. The van der Waals surface area contributed by atoms with Gasteiger partial charge in [-0.1, -0.05) is 25.1 Å². The summed E-state index contributed by atoms with van der Waals surface area (Å²) in [6.07, 6.45) is 1.24. The lowest BCUT2D eigenvalue weighted by Gasteiger charge is -2.31. The van der Waals surface area contributed by atoms with E-state index in [0.717, 1.165) is 0 Å². The minimum absolute atomic E-state index is 0.0328. The quantitative estimate of drug-likeness (QED) is 0.928. The number of halogens is 1. The fourth-order valence-corrected chi connectivity index (χ4v) is 2.75. The van der Waals surface area contributed by atoms with Crippen molar-refractivity contribution in [2.24, 2.45) is 5.92 Å². The molecule has 4 nitrogen and oxygen atoms in total. The van der Waals surface area contributed by atoms with Crippen molar-refractivity contribution in [2.45, 2.75) is 32.1 Å². The predicted octanol–water partition coefficient (Wildman–Crippen LogP) is 2.64. The second-order valence-corrected chi connectivity index (χ2v) is 5.62. The Bertz CT molecular complexity index is 524. The number of hydrogen-bond donors (Lipinski definition) is 1. The van der Waals surface area contributed by atoms with E-state index in [0.29, 0.717) is 31.5 Å². The van der Waals surface area contributed by atoms with Crippen LogP contribution >= 0.6 is 0 Å². The summed E-state index contributed by atoms with van der Waals surface area (Å²) in [5.41, 5.74) is 0.547. The van der Waals surface area contributed by atoms with Gasteiger partial charge < -0.3 is 10.0 Å². The molecular weight excluding hydrogens is 273 g/mol. The first-order valence-corrected chi connectivity index (χ1v) is 7.24. The van der Waals surface area contributed by atoms with E-state index in [9.17, 15) is 14.0 Å². The van der Waals surface area contributed by atoms with Crippen molar-refractivity contribution < 1.29 is 19.1 Å². The molecule has 2 rings (SSSR count). The van der Waals surface area contributed by atoms with Crippen LogP contribution < -0.4 is 0 Å². The Hall–Kier alpha value is -1.91. The van der Waals surface area contributed by atoms with E-state index in [1.165, 1.54) is 6.07 Å². The Morgan fingerprint density at radius 1 is 1.33 bits per heavy atom. The Morgan fingerprint density at radius 3 is 2.52 bits per heavy atom. The molecule has 1 aromatic rings. The summed E-state index contributed by atoms with van der Waals surface area (Å²) in [7, 11) is 0. The second-order valence-electron chi connectivity index (χ2n) is 5.62. The lowest BCUT2D eigenvalue weighted by molar-refractivity contribution is -0.145. The fourth-order valence-electron chi connectivity index (χ4n) is 2.75. The summed E-state index contributed by atoms with van der Waals surface area (Å²) in [6.45, 7) is 2.78. The molecular formula is C16H20FNO3. The zero-order chi connectivity index (χ0) is 15.4. The van der Waals surface area contributed by atoms with Gasteiger partial charge in [-0.05, 0) is 30.4 Å². The number of carboxylic acids is 1. The van der Waals surface area contributed by atoms with Crippen LogP contribution in [-0.4, -0.2) is 35.0 Å². The molecule has 1 fully saturated rings. The number of likely N-dealkylation sites (tertiary alicyclic amines) is 1. The van der Waals surface area contributed by atoms with Crippen LogP contribution in [0.25, 0.3) is 0 Å². The van der Waals surface area contributed by atoms with Crippen LogP contribution in [-0.2, 0) is 9.59 Å². The van der Waals surface area contributed by atoms with E-state index in [1.54, 1.807) is 23.1 Å². The van der Waals surface area contributed by atoms with Crippen molar-refractivity contribution in [1.29, 1.82) is 0 Å². The second kappa shape index (κ2) is 6.70. The maximum Gasteiger partial charge on any atom is 0.306 e. The van der Waals surface area contributed by atoms with Crippen molar-refractivity contribution in [3.8, 4) is 0 Å². The first-order valence-electron chi connectivity index (χ1n) is 7.24. The average Bonchev–Trinajstić information content (AvgIpc) is 2.47. The monoisotopic (exact) mass is 293 g/mol. The number of amides is 1. The van der Waals surface area contributed by atoms with Gasteiger partial charge in [0.1, 0.15) is 5.82 Å². The molecule has 1 N–H and O–H groups in total. The highest BCUT2D eigenvalue weighted by molar-refractivity contribution is 5.77. The number of carbonyl (C=O) groups excluding carboxylic acids is 1. The van der Waals surface area contributed by atoms with Crippen LogP contribution in [0.4, 0.5) is 4.39 Å². The minimum Gasteiger partial charge on any atom is -0.481 e. The van der Waals surface area contributed by atoms with Gasteiger partial charge in [0.15, 0.2) is 0 Å². The van der Waals surface area contributed by atoms with Gasteiger partial charge in [0.25, 0.3) is 0 Å². The summed E-state index contributed by atoms with van der Waals surface area (Å²) in [4.78, 5) is 24.8. The molecule has 0 spiro atoms. The highest BCUT2D eigenvalue weighted by atomic mass is 19.1. The van der Waals surface area contributed by atoms with Crippen LogP contribution in [0.2, 0.25) is 0 Å². The number of nitrogens with zero attached hydrogens (tertiary/aromatic N) is 1. The van der Waals surface area contributed by atoms with Gasteiger partial charge in [-0.3, -0.25) is 9.59 Å². The van der Waals surface area contributed by atoms with Crippen LogP contribution in [0.1, 0.15) is 37.7 Å². The van der Waals surface area contributed by atoms with E-state index in [4.69, 9.17) is 5.11 Å². The SMILES string of the molecule is C[C@@H](CC(=O)N1CCC(C(=O)O)CC1)c1ccccc1F. The average molecular weight is 293 g/mol. The van der Waals surface area contributed by atoms with E-state index in [2.05, 4.69) is 0 Å². The number of benzene rings is 1. The lowest BCUT2D eigenvalue weighted by atomic mass is 9.94. The Labute approximate surface area is 123 Å². The zero-order valence-electron chi connectivity index (χ0n) is 12.1. The molecule has 1 saturated heterocycles. The number of carbonyl (C=O) groups is 2. The van der Waals surface area contributed by atoms with Crippen molar-refractivity contribution in [2.75, 3.05) is 13.1 Å². The normalized spacial score (nSPS) is 17.5. The molecule has 0 radical (unpaired) electrons. The van der Waals surface area contributed by atoms with Crippen molar-refractivity contribution in [3.63, 3.8) is 0 Å². The van der Waals surface area contributed by atoms with Gasteiger partial charge in [-0.2, -0.15) is 0 Å². The molecule has 1 heterocycles. The van der Waals surface area contributed by atoms with Gasteiger partial charge in [0.2, 0.25) is 5.91 Å². The number of piperidine rings is 1. The third kappa shape index (κ3) is 3.80. The summed E-state index contributed by atoms with van der Waals surface area (Å²) in [5.74, 6) is -1.65. The molecule has 0 saturated carbocycles. The van der Waals surface area contributed by atoms with E-state index >= 15 is 0 Å². The summed E-state index contributed by atoms with van der Waals surface area (Å²) in [6, 6.07) is 6.49. The van der Waals surface area contributed by atoms with Crippen LogP contribution in [0.5, 0.6) is 0 Å². The maximum atomic E-state index is 13.7. The smallest absolute Gasteiger partial charge is 0.306 e. The van der Waals surface area contributed by atoms with Crippen molar-refractivity contribution >= 4 is 11.9 Å². The van der Waals surface area contributed by atoms with E-state index in [1.807, 2.05) is 6.92 Å². The number of hydrogen-bond acceptors (Lipinski definition) is 2. The van der Waals surface area contributed by atoms with Gasteiger partial charge in [-0.15, -0.1) is 0 Å². The predicted molar refractivity (Wildman–Crippen MR) is 76.4 cm³/mol. The first-order chi connectivity index (χ1) is 9.99. The maximum absolute atomic E-state index is 13.7. The molecule has 5 heteroatoms. The molecule has 1 aliphatic rings. The third-order valence-corrected chi connectivity index (χ3v) is 4.11. The van der Waals surface area contributed by atoms with Crippen LogP contribution in [0.15, 0.2) is 24.3 Å². The van der Waals surface area contributed by atoms with Crippen LogP contribution in [0.3, 0.4) is 0 Å². The molecule has 1 amide bonds. The number of carboxylic acid groups (broad SMARTS) is 1. The largest absolute Gasteiger partial charge is 0.481 e. The molecule has 1 aromatic carbocycles. The van der Waals surface area contributed by atoms with Crippen LogP contribution in [0, 0.1) is 11.7 Å². The lowest BCUT2D eigenvalue weighted by Crippen LogP contribution is -2.40. The molecule has 0 bridgehead atoms. The Kier molecular flexibility index (Phi) is 4.94. The molecule has 0 aliphatic carbocycles. The van der Waals surface area contributed by atoms with Crippen molar-refractivity contribution in [3.05, 3.63) is 35.6 Å². The molecule has 21 heavy (non-hydrogen) atoms. The Morgan fingerprint density at radius 2 is 1.95 bits per heavy atom. The van der Waals surface area contributed by atoms with Gasteiger partial charge in [0.05, 0.1) is 5.92 Å². The summed E-state index contributed by atoms with van der Waals surface area (Å²) in [5, 5.41) is 8.94. The van der Waals surface area contributed by atoms with Crippen molar-refractivity contribution in [1.82, 2.24) is 4.90 Å². The topological polar surface area (TPSA) is 57.6 Å². The number of rotatable bonds is 4. The number of aliphatic carboxylic acids is 1. The molecule has 0 aromatic heterocycles. The van der Waals surface area contributed by atoms with Gasteiger partial charge in [0, 0.05) is 19.5 Å². The minimum atomic E-state index is -0.790. The zero-order valence-corrected chi connectivity index (χ0v) is 12.1. The standard InChI is InChI=1S/C16H20FNO3/c1-11(13-4-2-3-5-14(13)17)10-15(19)18-8-6-12(7-9-18)16(20)21/h2-5,11-12H,6-10H2,1H3,(H,20,21)/t11-/m0/s1. The molecule has 0 unspecified atom stereocenters. The Balaban J connectivity index is 1.90. The van der Waals surface area contributed by atoms with Gasteiger partial charge in [-0.25, -0.2) is 4.39 Å². The van der Waals surface area contributed by atoms with Gasteiger partial charge >= 0.3 is 5.97 Å².